The summed E-state index contributed by atoms with van der Waals surface area (Å²) in [6, 6.07) is 0. The van der Waals surface area contributed by atoms with Crippen molar-refractivity contribution in [2.45, 2.75) is 215 Å². The molecular formula is C61H110N2O33. The summed E-state index contributed by atoms with van der Waals surface area (Å²) in [5.74, 6) is 0. The van der Waals surface area contributed by atoms with Crippen molar-refractivity contribution >= 4 is 0 Å². The summed E-state index contributed by atoms with van der Waals surface area (Å²) in [5.41, 5.74) is 13.2. The first-order valence-corrected chi connectivity index (χ1v) is 32.1. The molecule has 0 amide bonds. The molecule has 21 fully saturated rings. The maximum absolute atomic E-state index is 7.02. The largest absolute Gasteiger partial charge is 0.382 e. The summed E-state index contributed by atoms with van der Waals surface area (Å²) < 4.78 is 213. The van der Waals surface area contributed by atoms with E-state index in [1.165, 1.54) is 135 Å². The van der Waals surface area contributed by atoms with Gasteiger partial charge in [0.25, 0.3) is 0 Å². The average molecular weight is 1400 g/mol. The van der Waals surface area contributed by atoms with E-state index in [0.717, 1.165) is 0 Å². The van der Waals surface area contributed by atoms with Crippen LogP contribution in [0.1, 0.15) is 0 Å². The summed E-state index contributed by atoms with van der Waals surface area (Å²) in [6.45, 7) is -0.412. The molecule has 21 rings (SSSR count). The van der Waals surface area contributed by atoms with Crippen molar-refractivity contribution in [2.24, 2.45) is 11.5 Å². The fourth-order valence-corrected chi connectivity index (χ4v) is 14.6. The van der Waals surface area contributed by atoms with Gasteiger partial charge in [-0.2, -0.15) is 0 Å². The van der Waals surface area contributed by atoms with Gasteiger partial charge in [-0.25, -0.2) is 0 Å². The van der Waals surface area contributed by atoms with Crippen molar-refractivity contribution in [3.8, 4) is 0 Å². The van der Waals surface area contributed by atoms with Gasteiger partial charge < -0.3 is 168 Å². The summed E-state index contributed by atoms with van der Waals surface area (Å²) in [7, 11) is 28.5. The Morgan fingerprint density at radius 1 is 0.177 bits per heavy atom. The van der Waals surface area contributed by atoms with Crippen LogP contribution in [0.2, 0.25) is 0 Å². The molecule has 21 aliphatic rings. The first kappa shape index (κ1) is 80.3. The van der Waals surface area contributed by atoms with E-state index in [2.05, 4.69) is 0 Å². The Balaban J connectivity index is 1.22. The van der Waals surface area contributed by atoms with Crippen molar-refractivity contribution in [1.29, 1.82) is 0 Å². The van der Waals surface area contributed by atoms with Crippen LogP contribution in [0.25, 0.3) is 0 Å². The summed E-state index contributed by atoms with van der Waals surface area (Å²) in [4.78, 5) is 0. The van der Waals surface area contributed by atoms with Gasteiger partial charge in [-0.1, -0.05) is 0 Å². The molecule has 0 aliphatic carbocycles. The standard InChI is InChI=1S/C61H110N2O33/c1-64-22-29-36-43(71-8)51(79-16)58(86-29)94-38-31(24-66-3)88-60(53(81-18)45(38)73-10)96-40-33(26-68-5)89-61(54(82-19)47(40)75-12)95-39-32(25-67-4)87-59(52(80-17)46(39)74-11)93-37-30(23-65-2)85-57(50(78-15)44(37)72-9)91-35-28(21-63)83-55(48(76-13)42(35)70-7)90-34-27(20-62)84-56(92-36)49(77-14)41(34)69-6/h27-61H,20-26,62-63H2,1-19H3/t27-,28+,29-,30+,31-,32+,33-,34+,35+,36+,37+,38+,39+,40+,41-,42-,43-,44+,45-,46+,47-,48+,49+,50-,51+,52-,53+,54+,55+,56+,57+,58+,59+,60+,61+/m0/s1. The van der Waals surface area contributed by atoms with Crippen molar-refractivity contribution in [1.82, 2.24) is 0 Å². The fraction of sp³-hybridized carbons (Fsp3) is 1.00. The van der Waals surface area contributed by atoms with Crippen LogP contribution in [0.5, 0.6) is 0 Å². The third kappa shape index (κ3) is 17.0. The molecule has 0 aromatic carbocycles. The number of hydrogen-bond donors (Lipinski definition) is 2. The second-order valence-electron chi connectivity index (χ2n) is 24.1. The molecule has 35 heteroatoms. The molecule has 96 heavy (non-hydrogen) atoms. The zero-order valence-electron chi connectivity index (χ0n) is 58.8. The number of methoxy groups -OCH3 is 19. The van der Waals surface area contributed by atoms with E-state index in [4.69, 9.17) is 168 Å². The Labute approximate surface area is 562 Å². The van der Waals surface area contributed by atoms with Gasteiger partial charge in [0, 0.05) is 148 Å². The highest BCUT2D eigenvalue weighted by Gasteiger charge is 2.62. The number of rotatable bonds is 26. The maximum Gasteiger partial charge on any atom is 0.187 e. The van der Waals surface area contributed by atoms with Crippen LogP contribution in [-0.4, -0.2) is 396 Å². The van der Waals surface area contributed by atoms with E-state index in [1.807, 2.05) is 0 Å². The van der Waals surface area contributed by atoms with E-state index < -0.39 is 215 Å². The van der Waals surface area contributed by atoms with Crippen LogP contribution in [-0.2, 0) is 156 Å². The van der Waals surface area contributed by atoms with E-state index in [1.54, 1.807) is 0 Å². The zero-order chi connectivity index (χ0) is 69.5. The van der Waals surface area contributed by atoms with E-state index in [9.17, 15) is 0 Å². The lowest BCUT2D eigenvalue weighted by Crippen LogP contribution is -2.69. The molecule has 21 aliphatic heterocycles. The van der Waals surface area contributed by atoms with Gasteiger partial charge >= 0.3 is 0 Å². The quantitative estimate of drug-likeness (QED) is 0.0879. The molecule has 0 unspecified atom stereocenters. The fourth-order valence-electron chi connectivity index (χ4n) is 14.6. The van der Waals surface area contributed by atoms with Crippen LogP contribution in [0.4, 0.5) is 0 Å². The minimum absolute atomic E-state index is 0.0384. The Morgan fingerprint density at radius 2 is 0.302 bits per heavy atom. The predicted molar refractivity (Wildman–Crippen MR) is 323 cm³/mol. The topological polar surface area (TPSA) is 357 Å². The molecular weight excluding hydrogens is 1290 g/mol. The molecule has 21 heterocycles. The van der Waals surface area contributed by atoms with Crippen molar-refractivity contribution in [3.05, 3.63) is 0 Å². The monoisotopic (exact) mass is 1400 g/mol. The van der Waals surface area contributed by atoms with Crippen molar-refractivity contribution < 1.29 is 156 Å². The van der Waals surface area contributed by atoms with Crippen molar-refractivity contribution in [2.75, 3.05) is 181 Å². The summed E-state index contributed by atoms with van der Waals surface area (Å²) >= 11 is 0. The normalized spacial score (nSPS) is 46.8. The zero-order valence-corrected chi connectivity index (χ0v) is 58.8. The number of hydrogen-bond acceptors (Lipinski definition) is 35. The third-order valence-electron chi connectivity index (χ3n) is 19.1. The van der Waals surface area contributed by atoms with Gasteiger partial charge in [-0.3, -0.25) is 0 Å². The molecule has 35 atom stereocenters. The molecule has 14 bridgehead atoms. The number of nitrogens with two attached hydrogens (primary N) is 2. The first-order chi connectivity index (χ1) is 46.7. The second-order valence-corrected chi connectivity index (χ2v) is 24.1. The number of ether oxygens (including phenoxy) is 33. The lowest BCUT2D eigenvalue weighted by atomic mass is 9.94. The van der Waals surface area contributed by atoms with E-state index >= 15 is 0 Å². The van der Waals surface area contributed by atoms with Crippen molar-refractivity contribution in [3.63, 3.8) is 0 Å². The SMILES string of the molecule is COC[C@@H]1O[C@@H]2O[C@H]3[C@H](OC)[C@@H](OC)[C@@H](O[C@H]4[C@@H](OC)[C@H](OC)[C@@H](O[C@H]5[C@@H](OC)[C@H](OC)[C@@H](O[C@H]6[C@H](OC)[C@@H](OC)[C@@H](O[C@H]7[C@H](OC)[C@@H](OC)[C@@H](O[C@H]8[C@H](OC)[C@@H](OC)[C@@H](O[C@H]1[C@H](OC)[C@H]2OC)O[C@H]8COC)O[C@H]7CN)O[C@@H]6CN)O[C@@H]5COC)O[C@@H]4COC)O[C@H]3COC. The minimum atomic E-state index is -1.22. The van der Waals surface area contributed by atoms with Crippen LogP contribution in [0.3, 0.4) is 0 Å². The molecule has 21 saturated heterocycles. The highest BCUT2D eigenvalue weighted by Crippen LogP contribution is 2.43. The summed E-state index contributed by atoms with van der Waals surface area (Å²) in [6.07, 6.45) is -35.9. The van der Waals surface area contributed by atoms with Gasteiger partial charge in [-0.15, -0.1) is 0 Å². The second kappa shape index (κ2) is 38.9. The predicted octanol–water partition coefficient (Wildman–Crippen LogP) is -2.87. The smallest absolute Gasteiger partial charge is 0.187 e. The van der Waals surface area contributed by atoms with Crippen LogP contribution >= 0.6 is 0 Å². The lowest BCUT2D eigenvalue weighted by molar-refractivity contribution is -0.402. The average Bonchev–Trinajstić information content (AvgIpc) is 0.942. The summed E-state index contributed by atoms with van der Waals surface area (Å²) in [5, 5.41) is 0. The highest BCUT2D eigenvalue weighted by atomic mass is 16.8. The van der Waals surface area contributed by atoms with Gasteiger partial charge in [-0.05, 0) is 0 Å². The molecule has 0 aromatic rings. The molecule has 4 N–H and O–H groups in total. The molecule has 0 spiro atoms. The molecule has 35 nitrogen and oxygen atoms in total. The Kier molecular flexibility index (Phi) is 32.6. The molecule has 562 valence electrons. The van der Waals surface area contributed by atoms with Crippen LogP contribution < -0.4 is 11.5 Å². The van der Waals surface area contributed by atoms with E-state index in [-0.39, 0.29) is 46.1 Å². The van der Waals surface area contributed by atoms with Gasteiger partial charge in [0.15, 0.2) is 44.0 Å². The van der Waals surface area contributed by atoms with Gasteiger partial charge in [0.2, 0.25) is 0 Å². The first-order valence-electron chi connectivity index (χ1n) is 32.1. The van der Waals surface area contributed by atoms with Gasteiger partial charge in [0.05, 0.1) is 33.0 Å². The van der Waals surface area contributed by atoms with E-state index in [0.29, 0.717) is 0 Å². The Morgan fingerprint density at radius 3 is 0.417 bits per heavy atom. The maximum atomic E-state index is 7.02. The minimum Gasteiger partial charge on any atom is -0.382 e. The lowest BCUT2D eigenvalue weighted by Gasteiger charge is -2.52. The highest BCUT2D eigenvalue weighted by molar-refractivity contribution is 5.04. The Bertz CT molecular complexity index is 2170. The molecule has 0 aromatic heterocycles. The van der Waals surface area contributed by atoms with Gasteiger partial charge in [0.1, 0.15) is 171 Å². The molecule has 0 radical (unpaired) electrons. The third-order valence-corrected chi connectivity index (χ3v) is 19.1. The van der Waals surface area contributed by atoms with Crippen LogP contribution in [0, 0.1) is 0 Å². The Hall–Kier alpha value is -1.40. The van der Waals surface area contributed by atoms with Crippen LogP contribution in [0.15, 0.2) is 0 Å². The molecule has 0 saturated carbocycles.